The standard InChI is InChI=1S/C31H46F2N8O3/c1-4-21-18-38(2)27-28(41(21)22-9-5-6-10-22)36-31(34,37-29(27)43)35-23-16-20-8-7-13-40(24(20)17-25(23)44-3)26(42)19-39-14-11-30(32,33)12-15-39/h16-17,21-22,35-36H,4-15,18-19,34H2,1-3H3,(H,37,43)/t21?,31-/m1/s1. The van der Waals surface area contributed by atoms with Crippen LogP contribution in [0.4, 0.5) is 20.2 Å². The lowest BCUT2D eigenvalue weighted by molar-refractivity contribution is -0.123. The van der Waals surface area contributed by atoms with Crippen LogP contribution in [0.1, 0.15) is 63.9 Å². The minimum atomic E-state index is -2.65. The number of nitrogens with one attached hydrogen (secondary N) is 3. The number of methoxy groups -OCH3 is 1. The van der Waals surface area contributed by atoms with E-state index in [1.807, 2.05) is 24.1 Å². The number of nitrogens with two attached hydrogens (primary N) is 1. The summed E-state index contributed by atoms with van der Waals surface area (Å²) in [5.74, 6) is -3.29. The van der Waals surface area contributed by atoms with E-state index in [9.17, 15) is 18.4 Å². The maximum Gasteiger partial charge on any atom is 0.275 e. The van der Waals surface area contributed by atoms with E-state index in [0.29, 0.717) is 29.7 Å². The van der Waals surface area contributed by atoms with Crippen LogP contribution in [0, 0.1) is 0 Å². The van der Waals surface area contributed by atoms with Gasteiger partial charge in [-0.3, -0.25) is 25.5 Å². The summed E-state index contributed by atoms with van der Waals surface area (Å²) < 4.78 is 33.0. The summed E-state index contributed by atoms with van der Waals surface area (Å²) in [5, 5.41) is 9.71. The smallest absolute Gasteiger partial charge is 0.275 e. The van der Waals surface area contributed by atoms with Crippen LogP contribution in [0.5, 0.6) is 5.75 Å². The molecule has 2 amide bonds. The normalized spacial score (nSPS) is 27.5. The summed E-state index contributed by atoms with van der Waals surface area (Å²) in [4.78, 5) is 34.9. The molecule has 0 radical (unpaired) electrons. The average Bonchev–Trinajstić information content (AvgIpc) is 3.51. The van der Waals surface area contributed by atoms with Gasteiger partial charge in [-0.15, -0.1) is 0 Å². The van der Waals surface area contributed by atoms with Crippen LogP contribution < -0.4 is 31.3 Å². The largest absolute Gasteiger partial charge is 0.495 e. The molecule has 11 nitrogen and oxygen atoms in total. The van der Waals surface area contributed by atoms with Gasteiger partial charge in [0.2, 0.25) is 11.8 Å². The number of anilines is 2. The maximum atomic E-state index is 13.6. The van der Waals surface area contributed by atoms with Crippen molar-refractivity contribution in [3.8, 4) is 5.75 Å². The van der Waals surface area contributed by atoms with Gasteiger partial charge in [0, 0.05) is 64.2 Å². The molecule has 44 heavy (non-hydrogen) atoms. The maximum absolute atomic E-state index is 13.6. The molecule has 6 rings (SSSR count). The Morgan fingerprint density at radius 2 is 1.86 bits per heavy atom. The fourth-order valence-electron chi connectivity index (χ4n) is 7.56. The van der Waals surface area contributed by atoms with E-state index in [1.165, 1.54) is 12.8 Å². The fourth-order valence-corrected chi connectivity index (χ4v) is 7.56. The number of benzene rings is 1. The highest BCUT2D eigenvalue weighted by molar-refractivity contribution is 5.97. The van der Waals surface area contributed by atoms with Crippen LogP contribution in [-0.4, -0.2) is 97.3 Å². The van der Waals surface area contributed by atoms with Crippen molar-refractivity contribution < 1.29 is 23.1 Å². The number of amides is 2. The zero-order valence-corrected chi connectivity index (χ0v) is 26.1. The van der Waals surface area contributed by atoms with Crippen molar-refractivity contribution in [3.05, 3.63) is 29.2 Å². The molecule has 2 fully saturated rings. The molecule has 1 aromatic carbocycles. The lowest BCUT2D eigenvalue weighted by Gasteiger charge is -2.52. The van der Waals surface area contributed by atoms with Gasteiger partial charge in [0.05, 0.1) is 25.0 Å². The van der Waals surface area contributed by atoms with E-state index in [-0.39, 0.29) is 50.3 Å². The van der Waals surface area contributed by atoms with Gasteiger partial charge < -0.3 is 30.1 Å². The van der Waals surface area contributed by atoms with Crippen LogP contribution in [0.25, 0.3) is 0 Å². The van der Waals surface area contributed by atoms with E-state index < -0.39 is 11.8 Å². The highest BCUT2D eigenvalue weighted by Crippen LogP contribution is 2.39. The second-order valence-electron chi connectivity index (χ2n) is 13.0. The van der Waals surface area contributed by atoms with Crippen molar-refractivity contribution in [1.29, 1.82) is 0 Å². The van der Waals surface area contributed by atoms with Crippen molar-refractivity contribution in [2.75, 3.05) is 57.1 Å². The molecule has 0 bridgehead atoms. The number of carbonyl (C=O) groups excluding carboxylic acids is 2. The summed E-state index contributed by atoms with van der Waals surface area (Å²) in [6, 6.07) is 4.36. The number of ether oxygens (including phenoxy) is 1. The zero-order chi connectivity index (χ0) is 31.2. The van der Waals surface area contributed by atoms with Crippen molar-refractivity contribution in [1.82, 2.24) is 25.3 Å². The average molecular weight is 617 g/mol. The number of aryl methyl sites for hydroxylation is 1. The number of nitrogens with zero attached hydrogens (tertiary/aromatic N) is 4. The number of hydrogen-bond donors (Lipinski definition) is 4. The molecule has 1 saturated heterocycles. The van der Waals surface area contributed by atoms with Gasteiger partial charge in [-0.05, 0) is 43.7 Å². The summed E-state index contributed by atoms with van der Waals surface area (Å²) in [5.41, 5.74) is 9.73. The molecule has 1 unspecified atom stereocenters. The summed E-state index contributed by atoms with van der Waals surface area (Å²) in [6.07, 6.45) is 6.54. The lowest BCUT2D eigenvalue weighted by Crippen LogP contribution is -2.76. The van der Waals surface area contributed by atoms with Gasteiger partial charge in [-0.1, -0.05) is 19.8 Å². The molecule has 13 heteroatoms. The van der Waals surface area contributed by atoms with Crippen molar-refractivity contribution in [2.45, 2.75) is 88.6 Å². The van der Waals surface area contributed by atoms with E-state index in [0.717, 1.165) is 55.7 Å². The minimum absolute atomic E-state index is 0.0990. The lowest BCUT2D eigenvalue weighted by atomic mass is 9.99. The number of halogens is 2. The summed E-state index contributed by atoms with van der Waals surface area (Å²) in [6.45, 7) is 4.00. The van der Waals surface area contributed by atoms with Crippen LogP contribution in [-0.2, 0) is 16.0 Å². The fraction of sp³-hybridized carbons (Fsp3) is 0.677. The molecular weight excluding hydrogens is 570 g/mol. The van der Waals surface area contributed by atoms with Gasteiger partial charge >= 0.3 is 0 Å². The Balaban J connectivity index is 1.24. The Bertz CT molecular complexity index is 1310. The molecule has 2 atom stereocenters. The first-order chi connectivity index (χ1) is 21.0. The van der Waals surface area contributed by atoms with Crippen molar-refractivity contribution in [3.63, 3.8) is 0 Å². The second-order valence-corrected chi connectivity index (χ2v) is 13.0. The highest BCUT2D eigenvalue weighted by atomic mass is 19.3. The van der Waals surface area contributed by atoms with Crippen molar-refractivity contribution >= 4 is 23.2 Å². The summed E-state index contributed by atoms with van der Waals surface area (Å²) >= 11 is 0. The predicted octanol–water partition coefficient (Wildman–Crippen LogP) is 2.54. The molecule has 4 heterocycles. The highest BCUT2D eigenvalue weighted by Gasteiger charge is 2.46. The van der Waals surface area contributed by atoms with E-state index in [4.69, 9.17) is 10.5 Å². The monoisotopic (exact) mass is 616 g/mol. The predicted molar refractivity (Wildman–Crippen MR) is 164 cm³/mol. The molecule has 1 saturated carbocycles. The third kappa shape index (κ3) is 5.88. The number of carbonyl (C=O) groups is 2. The minimum Gasteiger partial charge on any atom is -0.495 e. The molecular formula is C31H46F2N8O3. The molecule has 0 aromatic heterocycles. The first-order valence-electron chi connectivity index (χ1n) is 16.0. The first kappa shape index (κ1) is 30.7. The Labute approximate surface area is 258 Å². The van der Waals surface area contributed by atoms with Crippen molar-refractivity contribution in [2.24, 2.45) is 5.73 Å². The Kier molecular flexibility index (Phi) is 8.29. The number of likely N-dealkylation sites (N-methyl/N-ethyl adjacent to an activating group) is 1. The van der Waals surface area contributed by atoms with Gasteiger partial charge in [0.1, 0.15) is 17.3 Å². The van der Waals surface area contributed by atoms with Gasteiger partial charge in [-0.25, -0.2) is 8.78 Å². The topological polar surface area (TPSA) is 118 Å². The van der Waals surface area contributed by atoms with Gasteiger partial charge in [0.15, 0.2) is 0 Å². The molecule has 5 N–H and O–H groups in total. The molecule has 4 aliphatic heterocycles. The van der Waals surface area contributed by atoms with E-state index in [2.05, 4.69) is 27.8 Å². The Morgan fingerprint density at radius 3 is 2.55 bits per heavy atom. The molecule has 242 valence electrons. The van der Waals surface area contributed by atoms with Crippen LogP contribution in [0.15, 0.2) is 23.7 Å². The van der Waals surface area contributed by atoms with Gasteiger partial charge in [0.25, 0.3) is 11.8 Å². The molecule has 0 spiro atoms. The summed E-state index contributed by atoms with van der Waals surface area (Å²) in [7, 11) is 3.50. The second kappa shape index (κ2) is 11.9. The SMILES string of the molecule is CCC1CN(C)C2=C(N[C@@](N)(Nc3cc4c(cc3OC)N(C(=O)CN3CCC(F)(F)CC3)CCC4)NC2=O)N1C1CCCC1. The number of likely N-dealkylation sites (tertiary alicyclic amines) is 1. The first-order valence-corrected chi connectivity index (χ1v) is 16.0. The Morgan fingerprint density at radius 1 is 1.14 bits per heavy atom. The quantitative estimate of drug-likeness (QED) is 0.343. The molecule has 1 aliphatic carbocycles. The van der Waals surface area contributed by atoms with Crippen LogP contribution in [0.2, 0.25) is 0 Å². The van der Waals surface area contributed by atoms with E-state index >= 15 is 0 Å². The third-order valence-corrected chi connectivity index (χ3v) is 9.87. The van der Waals surface area contributed by atoms with Crippen LogP contribution >= 0.6 is 0 Å². The van der Waals surface area contributed by atoms with Gasteiger partial charge in [-0.2, -0.15) is 0 Å². The Hall–Kier alpha value is -3.32. The number of hydrogen-bond acceptors (Lipinski definition) is 9. The number of piperidine rings is 1. The number of alkyl halides is 2. The molecule has 5 aliphatic rings. The number of rotatable bonds is 7. The molecule has 1 aromatic rings. The third-order valence-electron chi connectivity index (χ3n) is 9.87. The zero-order valence-electron chi connectivity index (χ0n) is 26.1. The van der Waals surface area contributed by atoms with Crippen LogP contribution in [0.3, 0.4) is 0 Å². The number of fused-ring (bicyclic) bond motifs is 1. The van der Waals surface area contributed by atoms with E-state index in [1.54, 1.807) is 16.9 Å².